The van der Waals surface area contributed by atoms with Crippen molar-refractivity contribution in [1.29, 1.82) is 0 Å². The molecule has 0 bridgehead atoms. The summed E-state index contributed by atoms with van der Waals surface area (Å²) in [7, 11) is 0. The van der Waals surface area contributed by atoms with Gasteiger partial charge in [0, 0.05) is 28.7 Å². The Balaban J connectivity index is 1.84. The Kier molecular flexibility index (Phi) is 5.03. The van der Waals surface area contributed by atoms with Crippen LogP contribution in [0.15, 0.2) is 72.9 Å². The van der Waals surface area contributed by atoms with Gasteiger partial charge in [0.25, 0.3) is 0 Å². The number of halogens is 4. The van der Waals surface area contributed by atoms with E-state index in [1.807, 2.05) is 28.8 Å². The van der Waals surface area contributed by atoms with E-state index in [0.29, 0.717) is 11.3 Å². The summed E-state index contributed by atoms with van der Waals surface area (Å²) in [5, 5.41) is 9.95. The van der Waals surface area contributed by atoms with Crippen molar-refractivity contribution in [3.05, 3.63) is 100 Å². The van der Waals surface area contributed by atoms with Crippen LogP contribution >= 0.6 is 11.6 Å². The summed E-state index contributed by atoms with van der Waals surface area (Å²) in [5.41, 5.74) is 1.62. The van der Waals surface area contributed by atoms with Crippen molar-refractivity contribution >= 4 is 28.5 Å². The minimum Gasteiger partial charge on any atom is -0.478 e. The number of hydrogen-bond donors (Lipinski definition) is 1. The highest BCUT2D eigenvalue weighted by molar-refractivity contribution is 6.31. The Morgan fingerprint density at radius 3 is 2.33 bits per heavy atom. The zero-order valence-corrected chi connectivity index (χ0v) is 16.2. The lowest BCUT2D eigenvalue weighted by molar-refractivity contribution is -0.138. The number of aromatic nitrogens is 1. The van der Waals surface area contributed by atoms with Gasteiger partial charge in [-0.3, -0.25) is 0 Å². The molecule has 0 saturated heterocycles. The predicted molar refractivity (Wildman–Crippen MR) is 109 cm³/mol. The molecule has 7 heteroatoms. The van der Waals surface area contributed by atoms with Gasteiger partial charge in [0.1, 0.15) is 0 Å². The number of carboxylic acid groups (broad SMARTS) is 1. The van der Waals surface area contributed by atoms with Crippen molar-refractivity contribution in [3.63, 3.8) is 0 Å². The van der Waals surface area contributed by atoms with Gasteiger partial charge in [-0.25, -0.2) is 4.79 Å². The maximum absolute atomic E-state index is 13.5. The van der Waals surface area contributed by atoms with Crippen LogP contribution in [0.3, 0.4) is 0 Å². The van der Waals surface area contributed by atoms with Crippen LogP contribution in [-0.4, -0.2) is 15.6 Å². The SMILES string of the molecule is O=C(O)c1ccc(-n2cc(Cc3c(Cl)cccc3C(F)(F)F)c3ccccc32)cc1. The molecule has 0 aliphatic rings. The van der Waals surface area contributed by atoms with Gasteiger partial charge < -0.3 is 9.67 Å². The summed E-state index contributed by atoms with van der Waals surface area (Å²) < 4.78 is 42.4. The third-order valence-electron chi connectivity index (χ3n) is 4.98. The van der Waals surface area contributed by atoms with Crippen LogP contribution in [0, 0.1) is 0 Å². The summed E-state index contributed by atoms with van der Waals surface area (Å²) >= 11 is 6.14. The number of para-hydroxylation sites is 1. The summed E-state index contributed by atoms with van der Waals surface area (Å²) in [6.07, 6.45) is -2.73. The number of benzene rings is 3. The van der Waals surface area contributed by atoms with Crippen LogP contribution in [0.5, 0.6) is 0 Å². The number of carbonyl (C=O) groups is 1. The lowest BCUT2D eigenvalue weighted by atomic mass is 9.99. The maximum Gasteiger partial charge on any atom is 0.416 e. The fraction of sp³-hybridized carbons (Fsp3) is 0.0870. The molecule has 1 aromatic heterocycles. The van der Waals surface area contributed by atoms with Gasteiger partial charge >= 0.3 is 12.1 Å². The minimum absolute atomic E-state index is 0.00917. The van der Waals surface area contributed by atoms with Gasteiger partial charge in [0.15, 0.2) is 0 Å². The third kappa shape index (κ3) is 3.66. The van der Waals surface area contributed by atoms with E-state index < -0.39 is 17.7 Å². The number of alkyl halides is 3. The third-order valence-corrected chi connectivity index (χ3v) is 5.33. The lowest BCUT2D eigenvalue weighted by Crippen LogP contribution is -2.10. The van der Waals surface area contributed by atoms with E-state index in [1.54, 1.807) is 18.3 Å². The normalized spacial score (nSPS) is 11.7. The number of fused-ring (bicyclic) bond motifs is 1. The van der Waals surface area contributed by atoms with Crippen molar-refractivity contribution < 1.29 is 23.1 Å². The monoisotopic (exact) mass is 429 g/mol. The van der Waals surface area contributed by atoms with E-state index >= 15 is 0 Å². The second kappa shape index (κ2) is 7.54. The molecule has 152 valence electrons. The lowest BCUT2D eigenvalue weighted by Gasteiger charge is -2.14. The van der Waals surface area contributed by atoms with Crippen LogP contribution in [0.4, 0.5) is 13.2 Å². The molecule has 0 unspecified atom stereocenters. The highest BCUT2D eigenvalue weighted by Crippen LogP contribution is 2.37. The molecule has 0 atom stereocenters. The van der Waals surface area contributed by atoms with Gasteiger partial charge in [-0.2, -0.15) is 13.2 Å². The number of carboxylic acids is 1. The number of aromatic carboxylic acids is 1. The van der Waals surface area contributed by atoms with E-state index in [9.17, 15) is 18.0 Å². The summed E-state index contributed by atoms with van der Waals surface area (Å²) in [6, 6.07) is 17.4. The quantitative estimate of drug-likeness (QED) is 0.397. The van der Waals surface area contributed by atoms with Crippen molar-refractivity contribution in [3.8, 4) is 5.69 Å². The number of hydrogen-bond acceptors (Lipinski definition) is 1. The van der Waals surface area contributed by atoms with Gasteiger partial charge in [0.2, 0.25) is 0 Å². The van der Waals surface area contributed by atoms with Crippen molar-refractivity contribution in [2.75, 3.05) is 0 Å². The van der Waals surface area contributed by atoms with Crippen molar-refractivity contribution in [1.82, 2.24) is 4.57 Å². The standard InChI is InChI=1S/C23H15ClF3NO2/c24-20-6-3-5-19(23(25,26)27)18(20)12-15-13-28(21-7-2-1-4-17(15)21)16-10-8-14(9-11-16)22(29)30/h1-11,13H,12H2,(H,29,30). The smallest absolute Gasteiger partial charge is 0.416 e. The highest BCUT2D eigenvalue weighted by Gasteiger charge is 2.34. The largest absolute Gasteiger partial charge is 0.478 e. The van der Waals surface area contributed by atoms with Crippen LogP contribution in [-0.2, 0) is 12.6 Å². The summed E-state index contributed by atoms with van der Waals surface area (Å²) in [5.74, 6) is -1.03. The zero-order chi connectivity index (χ0) is 21.5. The van der Waals surface area contributed by atoms with Crippen LogP contribution < -0.4 is 0 Å². The first-order valence-corrected chi connectivity index (χ1v) is 9.41. The molecule has 0 aliphatic carbocycles. The Morgan fingerprint density at radius 2 is 1.67 bits per heavy atom. The van der Waals surface area contributed by atoms with Crippen molar-refractivity contribution in [2.45, 2.75) is 12.6 Å². The van der Waals surface area contributed by atoms with Gasteiger partial charge in [-0.1, -0.05) is 35.9 Å². The second-order valence-electron chi connectivity index (χ2n) is 6.83. The van der Waals surface area contributed by atoms with E-state index in [-0.39, 0.29) is 22.6 Å². The molecular weight excluding hydrogens is 415 g/mol. The fourth-order valence-electron chi connectivity index (χ4n) is 3.56. The molecule has 0 amide bonds. The molecule has 3 nitrogen and oxygen atoms in total. The Morgan fingerprint density at radius 1 is 0.967 bits per heavy atom. The molecule has 1 N–H and O–H groups in total. The van der Waals surface area contributed by atoms with Crippen molar-refractivity contribution in [2.24, 2.45) is 0 Å². The fourth-order valence-corrected chi connectivity index (χ4v) is 3.80. The predicted octanol–water partition coefficient (Wildman–Crippen LogP) is 6.59. The van der Waals surface area contributed by atoms with Crippen LogP contribution in [0.25, 0.3) is 16.6 Å². The number of rotatable bonds is 4. The Labute approximate surface area is 174 Å². The molecular formula is C23H15ClF3NO2. The van der Waals surface area contributed by atoms with E-state index in [2.05, 4.69) is 0 Å². The van der Waals surface area contributed by atoms with Crippen LogP contribution in [0.2, 0.25) is 5.02 Å². The van der Waals surface area contributed by atoms with E-state index in [0.717, 1.165) is 17.0 Å². The highest BCUT2D eigenvalue weighted by atomic mass is 35.5. The Hall–Kier alpha value is -3.25. The molecule has 4 aromatic rings. The average Bonchev–Trinajstić information content (AvgIpc) is 3.07. The van der Waals surface area contributed by atoms with E-state index in [1.165, 1.54) is 24.3 Å². The topological polar surface area (TPSA) is 42.2 Å². The Bertz CT molecular complexity index is 1240. The van der Waals surface area contributed by atoms with Gasteiger partial charge in [-0.05, 0) is 53.6 Å². The molecule has 0 aliphatic heterocycles. The summed E-state index contributed by atoms with van der Waals surface area (Å²) in [6.45, 7) is 0. The first kappa shape index (κ1) is 20.0. The molecule has 0 saturated carbocycles. The molecule has 0 spiro atoms. The minimum atomic E-state index is -4.51. The van der Waals surface area contributed by atoms with E-state index in [4.69, 9.17) is 16.7 Å². The maximum atomic E-state index is 13.5. The average molecular weight is 430 g/mol. The number of nitrogens with zero attached hydrogens (tertiary/aromatic N) is 1. The molecule has 1 heterocycles. The first-order chi connectivity index (χ1) is 14.3. The van der Waals surface area contributed by atoms with Gasteiger partial charge in [-0.15, -0.1) is 0 Å². The zero-order valence-electron chi connectivity index (χ0n) is 15.4. The molecule has 4 rings (SSSR count). The molecule has 30 heavy (non-hydrogen) atoms. The van der Waals surface area contributed by atoms with Gasteiger partial charge in [0.05, 0.1) is 16.6 Å². The molecule has 0 radical (unpaired) electrons. The molecule has 0 fully saturated rings. The molecule has 3 aromatic carbocycles. The second-order valence-corrected chi connectivity index (χ2v) is 7.24. The van der Waals surface area contributed by atoms with Crippen LogP contribution in [0.1, 0.15) is 27.0 Å². The first-order valence-electron chi connectivity index (χ1n) is 9.03. The summed E-state index contributed by atoms with van der Waals surface area (Å²) in [4.78, 5) is 11.1.